The van der Waals surface area contributed by atoms with Gasteiger partial charge in [-0.05, 0) is 12.1 Å². The van der Waals surface area contributed by atoms with Gasteiger partial charge in [-0.25, -0.2) is 0 Å². The van der Waals surface area contributed by atoms with Gasteiger partial charge in [0.25, 0.3) is 5.69 Å². The largest absolute Gasteiger partial charge is 0.335 e. The number of nitrogens with zero attached hydrogens (tertiary/aromatic N) is 3. The Bertz CT molecular complexity index is 592. The molecular weight excluding hydrogens is 194 g/mol. The molecule has 0 aliphatic rings. The number of nitriles is 1. The number of nitro groups is 1. The highest BCUT2D eigenvalue weighted by Crippen LogP contribution is 2.27. The van der Waals surface area contributed by atoms with Crippen LogP contribution in [0.25, 0.3) is 10.9 Å². The third-order valence-electron chi connectivity index (χ3n) is 2.38. The van der Waals surface area contributed by atoms with E-state index in [2.05, 4.69) is 0 Å². The highest BCUT2D eigenvalue weighted by molar-refractivity contribution is 5.90. The Hall–Kier alpha value is -2.35. The van der Waals surface area contributed by atoms with Crippen molar-refractivity contribution in [2.24, 2.45) is 7.05 Å². The molecule has 5 heteroatoms. The molecule has 2 rings (SSSR count). The van der Waals surface area contributed by atoms with Crippen LogP contribution in [0.5, 0.6) is 0 Å². The summed E-state index contributed by atoms with van der Waals surface area (Å²) in [6.07, 6.45) is 0. The van der Waals surface area contributed by atoms with Gasteiger partial charge in [-0.15, -0.1) is 0 Å². The highest BCUT2D eigenvalue weighted by atomic mass is 16.6. The molecule has 0 bridgehead atoms. The molecule has 74 valence electrons. The SMILES string of the molecule is Cn1c(C#N)cc2c([N+](=O)[O-])cccc21. The van der Waals surface area contributed by atoms with Gasteiger partial charge in [0.2, 0.25) is 0 Å². The molecule has 1 aromatic carbocycles. The number of aryl methyl sites for hydroxylation is 1. The molecule has 0 fully saturated rings. The van der Waals surface area contributed by atoms with E-state index in [0.29, 0.717) is 16.6 Å². The molecule has 0 atom stereocenters. The van der Waals surface area contributed by atoms with Crippen LogP contribution in [-0.4, -0.2) is 9.49 Å². The van der Waals surface area contributed by atoms with E-state index >= 15 is 0 Å². The summed E-state index contributed by atoms with van der Waals surface area (Å²) < 4.78 is 1.64. The maximum absolute atomic E-state index is 10.7. The fourth-order valence-electron chi connectivity index (χ4n) is 1.61. The van der Waals surface area contributed by atoms with Crippen LogP contribution in [0.2, 0.25) is 0 Å². The van der Waals surface area contributed by atoms with Crippen molar-refractivity contribution in [3.05, 3.63) is 40.1 Å². The molecule has 0 aliphatic carbocycles. The second-order valence-electron chi connectivity index (χ2n) is 3.17. The minimum absolute atomic E-state index is 0.0320. The molecule has 0 aliphatic heterocycles. The molecule has 1 heterocycles. The average Bonchev–Trinajstić information content (AvgIpc) is 2.55. The monoisotopic (exact) mass is 201 g/mol. The van der Waals surface area contributed by atoms with Crippen LogP contribution in [-0.2, 0) is 7.05 Å². The van der Waals surface area contributed by atoms with E-state index in [1.165, 1.54) is 12.1 Å². The fourth-order valence-corrected chi connectivity index (χ4v) is 1.61. The van der Waals surface area contributed by atoms with Crippen LogP contribution in [0.1, 0.15) is 5.69 Å². The van der Waals surface area contributed by atoms with E-state index in [9.17, 15) is 10.1 Å². The summed E-state index contributed by atoms with van der Waals surface area (Å²) >= 11 is 0. The van der Waals surface area contributed by atoms with Gasteiger partial charge in [0.15, 0.2) is 0 Å². The summed E-state index contributed by atoms with van der Waals surface area (Å²) in [7, 11) is 1.71. The van der Waals surface area contributed by atoms with Crippen molar-refractivity contribution in [2.45, 2.75) is 0 Å². The molecule has 0 saturated carbocycles. The van der Waals surface area contributed by atoms with E-state index in [4.69, 9.17) is 5.26 Å². The van der Waals surface area contributed by atoms with Gasteiger partial charge >= 0.3 is 0 Å². The summed E-state index contributed by atoms with van der Waals surface area (Å²) in [5.41, 5.74) is 1.14. The maximum Gasteiger partial charge on any atom is 0.278 e. The molecular formula is C10H7N3O2. The molecule has 2 aromatic rings. The predicted molar refractivity (Wildman–Crippen MR) is 54.3 cm³/mol. The zero-order valence-electron chi connectivity index (χ0n) is 7.97. The number of hydrogen-bond donors (Lipinski definition) is 0. The second kappa shape index (κ2) is 3.10. The molecule has 0 unspecified atom stereocenters. The number of nitro benzene ring substituents is 1. The molecule has 5 nitrogen and oxygen atoms in total. The number of non-ortho nitro benzene ring substituents is 1. The van der Waals surface area contributed by atoms with Gasteiger partial charge in [-0.1, -0.05) is 6.07 Å². The van der Waals surface area contributed by atoms with Crippen molar-refractivity contribution in [3.63, 3.8) is 0 Å². The molecule has 0 amide bonds. The first kappa shape index (κ1) is 9.21. The van der Waals surface area contributed by atoms with E-state index in [-0.39, 0.29) is 5.69 Å². The Labute approximate surface area is 85.3 Å². The van der Waals surface area contributed by atoms with Gasteiger partial charge in [0.1, 0.15) is 11.8 Å². The topological polar surface area (TPSA) is 71.9 Å². The van der Waals surface area contributed by atoms with E-state index < -0.39 is 4.92 Å². The van der Waals surface area contributed by atoms with Gasteiger partial charge in [0.05, 0.1) is 15.8 Å². The second-order valence-corrected chi connectivity index (χ2v) is 3.17. The van der Waals surface area contributed by atoms with Crippen LogP contribution in [0.3, 0.4) is 0 Å². The number of hydrogen-bond acceptors (Lipinski definition) is 3. The Morgan fingerprint density at radius 1 is 1.53 bits per heavy atom. The molecule has 1 aromatic heterocycles. The lowest BCUT2D eigenvalue weighted by molar-refractivity contribution is -0.383. The van der Waals surface area contributed by atoms with E-state index in [1.54, 1.807) is 23.7 Å². The van der Waals surface area contributed by atoms with Crippen molar-refractivity contribution < 1.29 is 4.92 Å². The summed E-state index contributed by atoms with van der Waals surface area (Å²) in [5, 5.41) is 20.0. The Kier molecular flexibility index (Phi) is 1.90. The average molecular weight is 201 g/mol. The van der Waals surface area contributed by atoms with Crippen LogP contribution >= 0.6 is 0 Å². The fraction of sp³-hybridized carbons (Fsp3) is 0.100. The molecule has 15 heavy (non-hydrogen) atoms. The lowest BCUT2D eigenvalue weighted by atomic mass is 10.2. The molecule has 0 radical (unpaired) electrons. The zero-order chi connectivity index (χ0) is 11.0. The number of aromatic nitrogens is 1. The lowest BCUT2D eigenvalue weighted by Crippen LogP contribution is -1.91. The molecule has 0 saturated heterocycles. The first-order chi connectivity index (χ1) is 7.15. The minimum atomic E-state index is -0.441. The van der Waals surface area contributed by atoms with Crippen LogP contribution in [0, 0.1) is 21.4 Å². The highest BCUT2D eigenvalue weighted by Gasteiger charge is 2.15. The van der Waals surface area contributed by atoms with Gasteiger partial charge < -0.3 is 4.57 Å². The summed E-state index contributed by atoms with van der Waals surface area (Å²) in [4.78, 5) is 10.3. The lowest BCUT2D eigenvalue weighted by Gasteiger charge is -1.96. The third-order valence-corrected chi connectivity index (χ3v) is 2.38. The number of fused-ring (bicyclic) bond motifs is 1. The summed E-state index contributed by atoms with van der Waals surface area (Å²) in [5.74, 6) is 0. The maximum atomic E-state index is 10.7. The number of rotatable bonds is 1. The van der Waals surface area contributed by atoms with Crippen molar-refractivity contribution in [1.29, 1.82) is 5.26 Å². The predicted octanol–water partition coefficient (Wildman–Crippen LogP) is 1.96. The van der Waals surface area contributed by atoms with Crippen molar-refractivity contribution in [1.82, 2.24) is 4.57 Å². The first-order valence-electron chi connectivity index (χ1n) is 4.28. The minimum Gasteiger partial charge on any atom is -0.335 e. The van der Waals surface area contributed by atoms with Gasteiger partial charge in [-0.2, -0.15) is 5.26 Å². The van der Waals surface area contributed by atoms with Gasteiger partial charge in [-0.3, -0.25) is 10.1 Å². The zero-order valence-corrected chi connectivity index (χ0v) is 7.97. The number of benzene rings is 1. The third kappa shape index (κ3) is 1.23. The standard InChI is InChI=1S/C10H7N3O2/c1-12-7(6-11)5-8-9(12)3-2-4-10(8)13(14)15/h2-5H,1H3. The smallest absolute Gasteiger partial charge is 0.278 e. The van der Waals surface area contributed by atoms with Crippen molar-refractivity contribution in [2.75, 3.05) is 0 Å². The first-order valence-corrected chi connectivity index (χ1v) is 4.28. The van der Waals surface area contributed by atoms with E-state index in [0.717, 1.165) is 0 Å². The van der Waals surface area contributed by atoms with E-state index in [1.807, 2.05) is 6.07 Å². The van der Waals surface area contributed by atoms with Crippen LogP contribution < -0.4 is 0 Å². The molecule has 0 spiro atoms. The van der Waals surface area contributed by atoms with Gasteiger partial charge in [0, 0.05) is 13.1 Å². The van der Waals surface area contributed by atoms with Crippen molar-refractivity contribution in [3.8, 4) is 6.07 Å². The Balaban J connectivity index is 2.89. The van der Waals surface area contributed by atoms with Crippen LogP contribution in [0.15, 0.2) is 24.3 Å². The Morgan fingerprint density at radius 3 is 2.87 bits per heavy atom. The normalized spacial score (nSPS) is 10.1. The molecule has 0 N–H and O–H groups in total. The quantitative estimate of drug-likeness (QED) is 0.523. The van der Waals surface area contributed by atoms with Crippen molar-refractivity contribution >= 4 is 16.6 Å². The summed E-state index contributed by atoms with van der Waals surface area (Å²) in [6, 6.07) is 8.33. The Morgan fingerprint density at radius 2 is 2.27 bits per heavy atom. The summed E-state index contributed by atoms with van der Waals surface area (Å²) in [6.45, 7) is 0. The van der Waals surface area contributed by atoms with Crippen LogP contribution in [0.4, 0.5) is 5.69 Å².